The first-order chi connectivity index (χ1) is 13.9. The minimum absolute atomic E-state index is 0.0214. The highest BCUT2D eigenvalue weighted by atomic mass is 32.1. The molecule has 0 fully saturated rings. The van der Waals surface area contributed by atoms with Crippen LogP contribution in [-0.2, 0) is 12.7 Å². The van der Waals surface area contributed by atoms with Gasteiger partial charge < -0.3 is 21.3 Å². The second kappa shape index (κ2) is 7.63. The Kier molecular flexibility index (Phi) is 5.01. The maximum absolute atomic E-state index is 12.8. The summed E-state index contributed by atoms with van der Waals surface area (Å²) in [6, 6.07) is 9.69. The molecule has 0 spiro atoms. The van der Waals surface area contributed by atoms with Gasteiger partial charge in [-0.15, -0.1) is 11.3 Å². The molecule has 1 aromatic heterocycles. The molecule has 2 amide bonds. The number of nitrogens with zero attached hydrogens (tertiary/aromatic N) is 1. The van der Waals surface area contributed by atoms with E-state index < -0.39 is 17.8 Å². The second-order valence-corrected chi connectivity index (χ2v) is 7.12. The lowest BCUT2D eigenvalue weighted by molar-refractivity contribution is -0.137. The second-order valence-electron chi connectivity index (χ2n) is 6.40. The Bertz CT molecular complexity index is 1020. The molecule has 29 heavy (non-hydrogen) atoms. The number of urea groups is 1. The van der Waals surface area contributed by atoms with Crippen molar-refractivity contribution < 1.29 is 18.0 Å². The van der Waals surface area contributed by atoms with Crippen LogP contribution in [0, 0.1) is 0 Å². The molecule has 0 aliphatic carbocycles. The first kappa shape index (κ1) is 19.1. The quantitative estimate of drug-likeness (QED) is 0.479. The van der Waals surface area contributed by atoms with Gasteiger partial charge in [-0.1, -0.05) is 12.1 Å². The topological polar surface area (TPSA) is 78.1 Å². The van der Waals surface area contributed by atoms with E-state index in [0.29, 0.717) is 11.3 Å². The minimum atomic E-state index is -4.42. The van der Waals surface area contributed by atoms with Crippen LogP contribution in [-0.4, -0.2) is 11.0 Å². The monoisotopic (exact) mass is 419 g/mol. The van der Waals surface area contributed by atoms with Gasteiger partial charge in [0.15, 0.2) is 0 Å². The summed E-state index contributed by atoms with van der Waals surface area (Å²) in [5.41, 5.74) is 4.50. The molecule has 0 radical (unpaired) electrons. The normalized spacial score (nSPS) is 15.2. The molecule has 1 atom stereocenters. The van der Waals surface area contributed by atoms with Gasteiger partial charge in [0.1, 0.15) is 6.17 Å². The van der Waals surface area contributed by atoms with Crippen LogP contribution in [0.5, 0.6) is 0 Å². The average molecular weight is 419 g/mol. The lowest BCUT2D eigenvalue weighted by Crippen LogP contribution is -2.28. The molecule has 0 bridgehead atoms. The summed E-state index contributed by atoms with van der Waals surface area (Å²) >= 11 is 1.50. The van der Waals surface area contributed by atoms with Crippen molar-refractivity contribution in [3.63, 3.8) is 0 Å². The highest BCUT2D eigenvalue weighted by Crippen LogP contribution is 2.36. The number of nitrogens with one attached hydrogen (secondary N) is 4. The molecule has 0 saturated carbocycles. The van der Waals surface area contributed by atoms with Crippen molar-refractivity contribution in [1.29, 1.82) is 0 Å². The summed E-state index contributed by atoms with van der Waals surface area (Å²) in [7, 11) is 0. The van der Waals surface area contributed by atoms with Crippen molar-refractivity contribution in [1.82, 2.24) is 10.3 Å². The van der Waals surface area contributed by atoms with Crippen molar-refractivity contribution in [2.75, 3.05) is 16.0 Å². The SMILES string of the molecule is O=C(NCc1cccc(C(F)(F)F)c1)Nc1ccc2c(c1)NC(c1cscn1)N2. The van der Waals surface area contributed by atoms with E-state index in [2.05, 4.69) is 26.3 Å². The third-order valence-electron chi connectivity index (χ3n) is 4.33. The summed E-state index contributed by atoms with van der Waals surface area (Å²) in [5, 5.41) is 13.8. The first-order valence-corrected chi connectivity index (χ1v) is 9.59. The lowest BCUT2D eigenvalue weighted by atomic mass is 10.1. The van der Waals surface area contributed by atoms with Gasteiger partial charge in [-0.2, -0.15) is 13.2 Å². The molecule has 1 aliphatic rings. The molecule has 0 saturated heterocycles. The Morgan fingerprint density at radius 1 is 1.14 bits per heavy atom. The van der Waals surface area contributed by atoms with E-state index in [-0.39, 0.29) is 12.7 Å². The fraction of sp³-hybridized carbons (Fsp3) is 0.158. The molecule has 4 N–H and O–H groups in total. The largest absolute Gasteiger partial charge is 0.416 e. The van der Waals surface area contributed by atoms with Crippen LogP contribution in [0.4, 0.5) is 35.0 Å². The summed E-state index contributed by atoms with van der Waals surface area (Å²) in [6.07, 6.45) is -4.55. The van der Waals surface area contributed by atoms with E-state index >= 15 is 0 Å². The summed E-state index contributed by atoms with van der Waals surface area (Å²) in [6.45, 7) is -0.0214. The van der Waals surface area contributed by atoms with Gasteiger partial charge in [-0.05, 0) is 35.9 Å². The summed E-state index contributed by atoms with van der Waals surface area (Å²) < 4.78 is 38.3. The molecule has 3 aromatic rings. The Labute approximate surface area is 168 Å². The number of aromatic nitrogens is 1. The molecule has 2 aromatic carbocycles. The fourth-order valence-corrected chi connectivity index (χ4v) is 3.52. The van der Waals surface area contributed by atoms with Crippen molar-refractivity contribution >= 4 is 34.4 Å². The molecule has 150 valence electrons. The Hall–Kier alpha value is -3.27. The predicted octanol–water partition coefficient (Wildman–Crippen LogP) is 5.02. The van der Waals surface area contributed by atoms with Gasteiger partial charge in [0.05, 0.1) is 28.1 Å². The molecule has 10 heteroatoms. The molecule has 6 nitrogen and oxygen atoms in total. The van der Waals surface area contributed by atoms with E-state index in [9.17, 15) is 18.0 Å². The number of hydrogen-bond donors (Lipinski definition) is 4. The number of fused-ring (bicyclic) bond motifs is 1. The third kappa shape index (κ3) is 4.43. The smallest absolute Gasteiger partial charge is 0.359 e. The van der Waals surface area contributed by atoms with Crippen LogP contribution < -0.4 is 21.3 Å². The third-order valence-corrected chi connectivity index (χ3v) is 4.94. The molecule has 1 unspecified atom stereocenters. The summed E-state index contributed by atoms with van der Waals surface area (Å²) in [4.78, 5) is 16.4. The number of amides is 2. The van der Waals surface area contributed by atoms with Crippen molar-refractivity contribution in [3.8, 4) is 0 Å². The van der Waals surface area contributed by atoms with Gasteiger partial charge in [0, 0.05) is 17.6 Å². The van der Waals surface area contributed by atoms with Gasteiger partial charge in [0.2, 0.25) is 0 Å². The number of carbonyl (C=O) groups excluding carboxylic acids is 1. The average Bonchev–Trinajstić information content (AvgIpc) is 3.35. The Morgan fingerprint density at radius 3 is 2.72 bits per heavy atom. The minimum Gasteiger partial charge on any atom is -0.359 e. The zero-order valence-electron chi connectivity index (χ0n) is 14.9. The molecule has 1 aliphatic heterocycles. The Balaban J connectivity index is 1.35. The number of benzene rings is 2. The van der Waals surface area contributed by atoms with E-state index in [4.69, 9.17) is 0 Å². The van der Waals surface area contributed by atoms with Crippen molar-refractivity contribution in [2.45, 2.75) is 18.9 Å². The van der Waals surface area contributed by atoms with Crippen LogP contribution in [0.15, 0.2) is 53.4 Å². The van der Waals surface area contributed by atoms with Gasteiger partial charge >= 0.3 is 12.2 Å². The van der Waals surface area contributed by atoms with Gasteiger partial charge in [0.25, 0.3) is 0 Å². The van der Waals surface area contributed by atoms with E-state index in [1.54, 1.807) is 17.6 Å². The highest BCUT2D eigenvalue weighted by Gasteiger charge is 2.30. The number of halogens is 3. The van der Waals surface area contributed by atoms with Crippen LogP contribution in [0.1, 0.15) is 23.0 Å². The maximum Gasteiger partial charge on any atom is 0.416 e. The number of thiazole rings is 1. The predicted molar refractivity (Wildman–Crippen MR) is 106 cm³/mol. The standard InChI is InChI=1S/C19H16F3N5OS/c20-19(21,22)12-3-1-2-11(6-12)8-23-18(28)25-13-4-5-14-15(7-13)27-17(26-14)16-9-29-10-24-16/h1-7,9-10,17,26-27H,8H2,(H2,23,25,28). The van der Waals surface area contributed by atoms with E-state index in [1.165, 1.54) is 23.5 Å². The van der Waals surface area contributed by atoms with E-state index in [1.807, 2.05) is 11.4 Å². The Morgan fingerprint density at radius 2 is 1.97 bits per heavy atom. The van der Waals surface area contributed by atoms with Crippen LogP contribution in [0.25, 0.3) is 0 Å². The molecule has 2 heterocycles. The van der Waals surface area contributed by atoms with Gasteiger partial charge in [-0.3, -0.25) is 0 Å². The molecule has 4 rings (SSSR count). The zero-order valence-corrected chi connectivity index (χ0v) is 15.7. The van der Waals surface area contributed by atoms with Crippen LogP contribution >= 0.6 is 11.3 Å². The van der Waals surface area contributed by atoms with Gasteiger partial charge in [-0.25, -0.2) is 9.78 Å². The zero-order chi connectivity index (χ0) is 20.4. The van der Waals surface area contributed by atoms with E-state index in [0.717, 1.165) is 29.2 Å². The fourth-order valence-electron chi connectivity index (χ4n) is 2.94. The number of anilines is 3. The molecular formula is C19H16F3N5OS. The van der Waals surface area contributed by atoms with Crippen molar-refractivity contribution in [3.05, 3.63) is 70.2 Å². The van der Waals surface area contributed by atoms with Crippen LogP contribution in [0.3, 0.4) is 0 Å². The van der Waals surface area contributed by atoms with Crippen LogP contribution in [0.2, 0.25) is 0 Å². The maximum atomic E-state index is 12.8. The number of carbonyl (C=O) groups is 1. The number of alkyl halides is 3. The van der Waals surface area contributed by atoms with Crippen molar-refractivity contribution in [2.24, 2.45) is 0 Å². The number of rotatable bonds is 4. The number of hydrogen-bond acceptors (Lipinski definition) is 5. The summed E-state index contributed by atoms with van der Waals surface area (Å²) in [5.74, 6) is 0. The lowest BCUT2D eigenvalue weighted by Gasteiger charge is -2.11. The molecular weight excluding hydrogens is 403 g/mol. The first-order valence-electron chi connectivity index (χ1n) is 8.65. The highest BCUT2D eigenvalue weighted by molar-refractivity contribution is 7.07.